The summed E-state index contributed by atoms with van der Waals surface area (Å²) in [5.41, 5.74) is 1.00. The highest BCUT2D eigenvalue weighted by atomic mass is 16.5. The normalized spacial score (nSPS) is 13.4. The van der Waals surface area contributed by atoms with Crippen LogP contribution in [-0.2, 0) is 14.9 Å². The van der Waals surface area contributed by atoms with Gasteiger partial charge >= 0.3 is 0 Å². The highest BCUT2D eigenvalue weighted by Gasteiger charge is 2.17. The van der Waals surface area contributed by atoms with Crippen LogP contribution in [0.15, 0.2) is 6.07 Å². The zero-order valence-electron chi connectivity index (χ0n) is 11.8. The van der Waals surface area contributed by atoms with Crippen LogP contribution in [-0.4, -0.2) is 29.3 Å². The molecule has 1 atom stereocenters. The van der Waals surface area contributed by atoms with Gasteiger partial charge in [0.15, 0.2) is 5.82 Å². The summed E-state index contributed by atoms with van der Waals surface area (Å²) in [6, 6.07) is 1.87. The van der Waals surface area contributed by atoms with Gasteiger partial charge in [-0.15, -0.1) is 0 Å². The molecule has 1 aromatic heterocycles. The zero-order chi connectivity index (χ0) is 13.8. The minimum absolute atomic E-state index is 0.000538. The number of amides is 1. The van der Waals surface area contributed by atoms with Gasteiger partial charge in [0.05, 0.1) is 6.10 Å². The summed E-state index contributed by atoms with van der Waals surface area (Å²) in [7, 11) is 1.64. The van der Waals surface area contributed by atoms with Gasteiger partial charge in [-0.25, -0.2) is 0 Å². The Labute approximate surface area is 108 Å². The van der Waals surface area contributed by atoms with E-state index < -0.39 is 0 Å². The fraction of sp³-hybridized carbons (Fsp3) is 0.692. The first-order valence-corrected chi connectivity index (χ1v) is 6.21. The Hall–Kier alpha value is -1.36. The Bertz CT molecular complexity index is 393. The summed E-state index contributed by atoms with van der Waals surface area (Å²) in [4.78, 5) is 11.7. The Morgan fingerprint density at radius 3 is 2.72 bits per heavy atom. The molecule has 0 aliphatic heterocycles. The average Bonchev–Trinajstić information content (AvgIpc) is 2.74. The average molecular weight is 253 g/mol. The SMILES string of the molecule is COC(C)CCC(=O)Nc1cc(C(C)(C)C)[nH]n1. The van der Waals surface area contributed by atoms with Crippen molar-refractivity contribution in [1.29, 1.82) is 0 Å². The monoisotopic (exact) mass is 253 g/mol. The van der Waals surface area contributed by atoms with Crippen molar-refractivity contribution in [1.82, 2.24) is 10.2 Å². The van der Waals surface area contributed by atoms with Crippen LogP contribution >= 0.6 is 0 Å². The molecule has 0 spiro atoms. The first kappa shape index (κ1) is 14.7. The number of methoxy groups -OCH3 is 1. The van der Waals surface area contributed by atoms with Crippen molar-refractivity contribution < 1.29 is 9.53 Å². The summed E-state index contributed by atoms with van der Waals surface area (Å²) in [5, 5.41) is 9.80. The fourth-order valence-corrected chi connectivity index (χ4v) is 1.43. The van der Waals surface area contributed by atoms with E-state index in [1.807, 2.05) is 13.0 Å². The molecule has 1 unspecified atom stereocenters. The van der Waals surface area contributed by atoms with E-state index in [1.165, 1.54) is 0 Å². The predicted octanol–water partition coefficient (Wildman–Crippen LogP) is 2.46. The molecule has 0 radical (unpaired) electrons. The van der Waals surface area contributed by atoms with E-state index in [2.05, 4.69) is 36.3 Å². The van der Waals surface area contributed by atoms with Crippen LogP contribution in [0.4, 0.5) is 5.82 Å². The number of hydrogen-bond acceptors (Lipinski definition) is 3. The van der Waals surface area contributed by atoms with E-state index >= 15 is 0 Å². The van der Waals surface area contributed by atoms with Gasteiger partial charge in [-0.2, -0.15) is 5.10 Å². The van der Waals surface area contributed by atoms with Gasteiger partial charge in [0.1, 0.15) is 0 Å². The number of hydrogen-bond donors (Lipinski definition) is 2. The van der Waals surface area contributed by atoms with Crippen LogP contribution in [0.2, 0.25) is 0 Å². The van der Waals surface area contributed by atoms with Crippen molar-refractivity contribution in [3.63, 3.8) is 0 Å². The molecule has 18 heavy (non-hydrogen) atoms. The van der Waals surface area contributed by atoms with Gasteiger partial charge in [-0.1, -0.05) is 20.8 Å². The van der Waals surface area contributed by atoms with E-state index in [1.54, 1.807) is 7.11 Å². The van der Waals surface area contributed by atoms with Gasteiger partial charge in [0.2, 0.25) is 5.91 Å². The van der Waals surface area contributed by atoms with Crippen molar-refractivity contribution in [3.8, 4) is 0 Å². The van der Waals surface area contributed by atoms with Crippen LogP contribution in [0, 0.1) is 0 Å². The Balaban J connectivity index is 2.48. The van der Waals surface area contributed by atoms with E-state index in [9.17, 15) is 4.79 Å². The molecule has 0 saturated carbocycles. The third-order valence-electron chi connectivity index (χ3n) is 2.83. The third kappa shape index (κ3) is 4.49. The molecule has 102 valence electrons. The van der Waals surface area contributed by atoms with Crippen molar-refractivity contribution in [2.75, 3.05) is 12.4 Å². The largest absolute Gasteiger partial charge is 0.382 e. The molecule has 2 N–H and O–H groups in total. The molecular formula is C13H23N3O2. The smallest absolute Gasteiger partial charge is 0.225 e. The number of nitrogens with zero attached hydrogens (tertiary/aromatic N) is 1. The van der Waals surface area contributed by atoms with Gasteiger partial charge < -0.3 is 10.1 Å². The number of nitrogens with one attached hydrogen (secondary N) is 2. The van der Waals surface area contributed by atoms with E-state index in [0.717, 1.165) is 5.69 Å². The van der Waals surface area contributed by atoms with Gasteiger partial charge in [0.25, 0.3) is 0 Å². The molecule has 0 bridgehead atoms. The lowest BCUT2D eigenvalue weighted by Crippen LogP contribution is -2.15. The van der Waals surface area contributed by atoms with Crippen molar-refractivity contribution >= 4 is 11.7 Å². The Morgan fingerprint density at radius 2 is 2.22 bits per heavy atom. The van der Waals surface area contributed by atoms with E-state index in [0.29, 0.717) is 18.7 Å². The minimum Gasteiger partial charge on any atom is -0.382 e. The number of H-pyrrole nitrogens is 1. The minimum atomic E-state index is -0.0362. The number of ether oxygens (including phenoxy) is 1. The van der Waals surface area contributed by atoms with Gasteiger partial charge in [-0.3, -0.25) is 9.89 Å². The van der Waals surface area contributed by atoms with Gasteiger partial charge in [0, 0.05) is 30.7 Å². The van der Waals surface area contributed by atoms with E-state index in [-0.39, 0.29) is 17.4 Å². The Kier molecular flexibility index (Phi) is 4.90. The maximum absolute atomic E-state index is 11.7. The summed E-state index contributed by atoms with van der Waals surface area (Å²) in [5.74, 6) is 0.542. The molecule has 0 saturated heterocycles. The zero-order valence-corrected chi connectivity index (χ0v) is 11.8. The second kappa shape index (κ2) is 6.00. The maximum Gasteiger partial charge on any atom is 0.225 e. The van der Waals surface area contributed by atoms with Crippen LogP contribution in [0.25, 0.3) is 0 Å². The molecule has 0 aliphatic rings. The summed E-state index contributed by atoms with van der Waals surface area (Å²) in [6.45, 7) is 8.21. The first-order chi connectivity index (χ1) is 8.32. The van der Waals surface area contributed by atoms with Crippen molar-refractivity contribution in [2.24, 2.45) is 0 Å². The molecule has 0 aromatic carbocycles. The third-order valence-corrected chi connectivity index (χ3v) is 2.83. The quantitative estimate of drug-likeness (QED) is 0.847. The summed E-state index contributed by atoms with van der Waals surface area (Å²) >= 11 is 0. The Morgan fingerprint density at radius 1 is 1.56 bits per heavy atom. The lowest BCUT2D eigenvalue weighted by molar-refractivity contribution is -0.116. The maximum atomic E-state index is 11.7. The molecule has 1 amide bonds. The van der Waals surface area contributed by atoms with Gasteiger partial charge in [-0.05, 0) is 13.3 Å². The van der Waals surface area contributed by atoms with E-state index in [4.69, 9.17) is 4.74 Å². The molecule has 0 fully saturated rings. The second-order valence-corrected chi connectivity index (χ2v) is 5.55. The highest BCUT2D eigenvalue weighted by Crippen LogP contribution is 2.21. The van der Waals surface area contributed by atoms with Crippen LogP contribution in [0.3, 0.4) is 0 Å². The first-order valence-electron chi connectivity index (χ1n) is 6.21. The highest BCUT2D eigenvalue weighted by molar-refractivity contribution is 5.89. The number of aromatic amines is 1. The molecule has 5 nitrogen and oxygen atoms in total. The molecule has 0 aliphatic carbocycles. The lowest BCUT2D eigenvalue weighted by atomic mass is 9.92. The molecular weight excluding hydrogens is 230 g/mol. The topological polar surface area (TPSA) is 67.0 Å². The number of aromatic nitrogens is 2. The lowest BCUT2D eigenvalue weighted by Gasteiger charge is -2.14. The molecule has 5 heteroatoms. The summed E-state index contributed by atoms with van der Waals surface area (Å²) in [6.07, 6.45) is 1.24. The standard InChI is InChI=1S/C13H23N3O2/c1-9(18-5)6-7-12(17)14-11-8-10(15-16-11)13(2,3)4/h8-9H,6-7H2,1-5H3,(H2,14,15,16,17). The van der Waals surface area contributed by atoms with Crippen molar-refractivity contribution in [3.05, 3.63) is 11.8 Å². The number of carbonyl (C=O) groups is 1. The van der Waals surface area contributed by atoms with Crippen LogP contribution in [0.1, 0.15) is 46.2 Å². The summed E-state index contributed by atoms with van der Waals surface area (Å²) < 4.78 is 5.10. The van der Waals surface area contributed by atoms with Crippen LogP contribution in [0.5, 0.6) is 0 Å². The molecule has 1 aromatic rings. The number of rotatable bonds is 5. The number of anilines is 1. The van der Waals surface area contributed by atoms with Crippen LogP contribution < -0.4 is 5.32 Å². The predicted molar refractivity (Wildman–Crippen MR) is 71.6 cm³/mol. The molecule has 1 rings (SSSR count). The van der Waals surface area contributed by atoms with Crippen molar-refractivity contribution in [2.45, 2.75) is 52.1 Å². The second-order valence-electron chi connectivity index (χ2n) is 5.55. The molecule has 1 heterocycles. The number of carbonyl (C=O) groups excluding carboxylic acids is 1. The fourth-order valence-electron chi connectivity index (χ4n) is 1.43.